The number of halogens is 1. The van der Waals surface area contributed by atoms with Crippen LogP contribution in [0.25, 0.3) is 21.9 Å². The third-order valence-corrected chi connectivity index (χ3v) is 11.6. The molecule has 0 fully saturated rings. The summed E-state index contributed by atoms with van der Waals surface area (Å²) in [6.07, 6.45) is 0. The van der Waals surface area contributed by atoms with Gasteiger partial charge in [-0.25, -0.2) is 0 Å². The molecule has 0 aliphatic carbocycles. The van der Waals surface area contributed by atoms with E-state index in [2.05, 4.69) is 181 Å². The lowest BCUT2D eigenvalue weighted by atomic mass is 9.33. The molecule has 0 spiro atoms. The number of hydrogen-bond acceptors (Lipinski definition) is 3. The van der Waals surface area contributed by atoms with E-state index < -0.39 is 0 Å². The summed E-state index contributed by atoms with van der Waals surface area (Å²) < 4.78 is 6.57. The third kappa shape index (κ3) is 5.40. The predicted molar refractivity (Wildman–Crippen MR) is 229 cm³/mol. The van der Waals surface area contributed by atoms with Crippen LogP contribution >= 0.6 is 11.6 Å². The molecule has 0 saturated carbocycles. The standard InChI is InChI=1S/C48H46BClN2O/c1-46(2,3)29-14-19-33(20-15-29)51-39-23-18-31(48(7,8)9)24-37(39)49-38-27-36-35-12-10-11-13-43(35)53-44(36)28-40(38)52(42-26-32(50)25-41(51)45(42)49)34-21-16-30(17-22-34)47(4,5)6/h10-28H,1-9H3. The van der Waals surface area contributed by atoms with Gasteiger partial charge in [0.25, 0.3) is 6.71 Å². The summed E-state index contributed by atoms with van der Waals surface area (Å²) in [4.78, 5) is 4.85. The van der Waals surface area contributed by atoms with Gasteiger partial charge in [0.05, 0.1) is 0 Å². The van der Waals surface area contributed by atoms with Crippen LogP contribution in [0.3, 0.4) is 0 Å². The lowest BCUT2D eigenvalue weighted by Gasteiger charge is -2.44. The summed E-state index contributed by atoms with van der Waals surface area (Å²) >= 11 is 7.22. The lowest BCUT2D eigenvalue weighted by molar-refractivity contribution is 0.590. The highest BCUT2D eigenvalue weighted by Gasteiger charge is 2.44. The summed E-state index contributed by atoms with van der Waals surface area (Å²) in [5.74, 6) is 0. The average molecular weight is 713 g/mol. The van der Waals surface area contributed by atoms with E-state index in [0.717, 1.165) is 50.4 Å². The summed E-state index contributed by atoms with van der Waals surface area (Å²) in [6.45, 7) is 20.5. The zero-order chi connectivity index (χ0) is 37.2. The van der Waals surface area contributed by atoms with Crippen molar-refractivity contribution < 1.29 is 4.42 Å². The highest BCUT2D eigenvalue weighted by Crippen LogP contribution is 2.47. The summed E-state index contributed by atoms with van der Waals surface area (Å²) in [6, 6.07) is 42.7. The molecule has 0 unspecified atom stereocenters. The monoisotopic (exact) mass is 712 g/mol. The Bertz CT molecular complexity index is 2580. The Morgan fingerprint density at radius 2 is 0.981 bits per heavy atom. The van der Waals surface area contributed by atoms with Gasteiger partial charge in [-0.2, -0.15) is 0 Å². The van der Waals surface area contributed by atoms with Gasteiger partial charge in [0.15, 0.2) is 0 Å². The quantitative estimate of drug-likeness (QED) is 0.166. The first-order valence-corrected chi connectivity index (χ1v) is 19.2. The molecule has 3 nitrogen and oxygen atoms in total. The number of anilines is 6. The number of furan rings is 1. The van der Waals surface area contributed by atoms with Crippen molar-refractivity contribution in [1.82, 2.24) is 0 Å². The van der Waals surface area contributed by atoms with Gasteiger partial charge in [-0.3, -0.25) is 0 Å². The maximum Gasteiger partial charge on any atom is 0.252 e. The minimum atomic E-state index is -0.0298. The van der Waals surface area contributed by atoms with Crippen LogP contribution in [0, 0.1) is 0 Å². The molecule has 9 rings (SSSR count). The Kier molecular flexibility index (Phi) is 7.37. The molecule has 6 aromatic carbocycles. The maximum absolute atomic E-state index is 7.22. The fraction of sp³-hybridized carbons (Fsp3) is 0.250. The van der Waals surface area contributed by atoms with E-state index in [4.69, 9.17) is 16.0 Å². The Balaban J connectivity index is 1.38. The molecule has 0 radical (unpaired) electrons. The largest absolute Gasteiger partial charge is 0.456 e. The van der Waals surface area contributed by atoms with Crippen LogP contribution in [-0.4, -0.2) is 6.71 Å². The summed E-state index contributed by atoms with van der Waals surface area (Å²) in [7, 11) is 0. The molecule has 0 bridgehead atoms. The Morgan fingerprint density at radius 3 is 1.55 bits per heavy atom. The van der Waals surface area contributed by atoms with Gasteiger partial charge in [-0.15, -0.1) is 0 Å². The highest BCUT2D eigenvalue weighted by molar-refractivity contribution is 7.00. The fourth-order valence-electron chi connectivity index (χ4n) is 8.43. The van der Waals surface area contributed by atoms with Crippen molar-refractivity contribution in [2.75, 3.05) is 9.80 Å². The maximum atomic E-state index is 7.22. The first kappa shape index (κ1) is 33.9. The first-order valence-electron chi connectivity index (χ1n) is 18.8. The number of hydrogen-bond donors (Lipinski definition) is 0. The van der Waals surface area contributed by atoms with Crippen molar-refractivity contribution in [3.63, 3.8) is 0 Å². The number of rotatable bonds is 2. The molecule has 53 heavy (non-hydrogen) atoms. The van der Waals surface area contributed by atoms with E-state index in [0.29, 0.717) is 5.02 Å². The summed E-state index contributed by atoms with van der Waals surface area (Å²) in [5.41, 5.74) is 16.3. The average Bonchev–Trinajstić information content (AvgIpc) is 3.47. The van der Waals surface area contributed by atoms with Crippen molar-refractivity contribution in [2.45, 2.75) is 78.6 Å². The van der Waals surface area contributed by atoms with E-state index in [1.807, 2.05) is 6.07 Å². The van der Waals surface area contributed by atoms with E-state index in [1.54, 1.807) is 0 Å². The minimum Gasteiger partial charge on any atom is -0.456 e. The fourth-order valence-corrected chi connectivity index (χ4v) is 8.64. The highest BCUT2D eigenvalue weighted by atomic mass is 35.5. The van der Waals surface area contributed by atoms with Crippen molar-refractivity contribution >= 4 is 90.8 Å². The molecule has 3 heterocycles. The smallest absolute Gasteiger partial charge is 0.252 e. The van der Waals surface area contributed by atoms with E-state index in [9.17, 15) is 0 Å². The van der Waals surface area contributed by atoms with Gasteiger partial charge >= 0.3 is 0 Å². The molecule has 0 atom stereocenters. The number of nitrogens with zero attached hydrogens (tertiary/aromatic N) is 2. The second-order valence-corrected chi connectivity index (χ2v) is 18.5. The molecule has 264 valence electrons. The minimum absolute atomic E-state index is 0.0274. The van der Waals surface area contributed by atoms with Gasteiger partial charge in [0.2, 0.25) is 0 Å². The SMILES string of the molecule is CC(C)(C)c1ccc(N2c3ccc(C(C)(C)C)cc3B3c4cc5c(cc4N(c4ccc(C(C)(C)C)cc4)c4cc(Cl)cc2c43)oc2ccccc25)cc1. The van der Waals surface area contributed by atoms with Gasteiger partial charge in [-0.1, -0.05) is 135 Å². The van der Waals surface area contributed by atoms with Crippen LogP contribution in [0.5, 0.6) is 0 Å². The first-order chi connectivity index (χ1) is 25.1. The van der Waals surface area contributed by atoms with Gasteiger partial charge in [-0.05, 0) is 97.9 Å². The topological polar surface area (TPSA) is 19.6 Å². The molecule has 5 heteroatoms. The molecule has 0 N–H and O–H groups in total. The molecule has 1 aromatic heterocycles. The van der Waals surface area contributed by atoms with Crippen LogP contribution in [-0.2, 0) is 16.2 Å². The number of fused-ring (bicyclic) bond motifs is 7. The van der Waals surface area contributed by atoms with E-state index >= 15 is 0 Å². The summed E-state index contributed by atoms with van der Waals surface area (Å²) in [5, 5.41) is 2.97. The Morgan fingerprint density at radius 1 is 0.472 bits per heavy atom. The second kappa shape index (κ2) is 11.5. The molecular weight excluding hydrogens is 667 g/mol. The van der Waals surface area contributed by atoms with Crippen molar-refractivity contribution in [2.24, 2.45) is 0 Å². The van der Waals surface area contributed by atoms with Gasteiger partial charge < -0.3 is 14.2 Å². The Hall–Kier alpha value is -4.93. The molecule has 0 amide bonds. The number of benzene rings is 6. The molecule has 0 saturated heterocycles. The van der Waals surface area contributed by atoms with Crippen molar-refractivity contribution in [3.05, 3.63) is 137 Å². The van der Waals surface area contributed by atoms with Crippen LogP contribution in [0.4, 0.5) is 34.1 Å². The normalized spacial score (nSPS) is 14.1. The third-order valence-electron chi connectivity index (χ3n) is 11.4. The van der Waals surface area contributed by atoms with Crippen molar-refractivity contribution in [1.29, 1.82) is 0 Å². The molecular formula is C48H46BClN2O. The van der Waals surface area contributed by atoms with E-state index in [1.165, 1.54) is 38.8 Å². The lowest BCUT2D eigenvalue weighted by Crippen LogP contribution is -2.61. The second-order valence-electron chi connectivity index (χ2n) is 18.1. The molecule has 2 aliphatic rings. The zero-order valence-electron chi connectivity index (χ0n) is 32.2. The Labute approximate surface area is 319 Å². The van der Waals surface area contributed by atoms with Crippen LogP contribution < -0.4 is 26.2 Å². The molecule has 7 aromatic rings. The van der Waals surface area contributed by atoms with Crippen LogP contribution in [0.15, 0.2) is 120 Å². The van der Waals surface area contributed by atoms with Crippen molar-refractivity contribution in [3.8, 4) is 0 Å². The zero-order valence-corrected chi connectivity index (χ0v) is 33.0. The number of para-hydroxylation sites is 1. The van der Waals surface area contributed by atoms with Gasteiger partial charge in [0.1, 0.15) is 11.2 Å². The van der Waals surface area contributed by atoms with E-state index in [-0.39, 0.29) is 23.0 Å². The van der Waals surface area contributed by atoms with Crippen LogP contribution in [0.1, 0.15) is 79.0 Å². The van der Waals surface area contributed by atoms with Gasteiger partial charge in [0, 0.05) is 56.0 Å². The molecule has 2 aliphatic heterocycles. The predicted octanol–water partition coefficient (Wildman–Crippen LogP) is 12.2. The van der Waals surface area contributed by atoms with Crippen LogP contribution in [0.2, 0.25) is 5.02 Å².